The standard InChI is InChI=1S/C12H13N3O/c1-8-5-14-12(15-6-8)11(16)10-4-3-9(2)13-7-10/h3-7,11,16H,1-2H3. The zero-order chi connectivity index (χ0) is 11.5. The maximum absolute atomic E-state index is 10.0. The molecule has 1 N–H and O–H groups in total. The van der Waals surface area contributed by atoms with Crippen LogP contribution in [0.2, 0.25) is 0 Å². The molecule has 0 saturated carbocycles. The largest absolute Gasteiger partial charge is 0.380 e. The molecule has 0 fully saturated rings. The highest BCUT2D eigenvalue weighted by atomic mass is 16.3. The molecule has 4 nitrogen and oxygen atoms in total. The average molecular weight is 215 g/mol. The lowest BCUT2D eigenvalue weighted by Crippen LogP contribution is -2.05. The predicted molar refractivity (Wildman–Crippen MR) is 59.8 cm³/mol. The van der Waals surface area contributed by atoms with Crippen LogP contribution in [0.4, 0.5) is 0 Å². The Morgan fingerprint density at radius 3 is 2.25 bits per heavy atom. The average Bonchev–Trinajstić information content (AvgIpc) is 2.30. The van der Waals surface area contributed by atoms with Gasteiger partial charge in [0, 0.05) is 29.8 Å². The third kappa shape index (κ3) is 2.23. The lowest BCUT2D eigenvalue weighted by atomic mass is 10.1. The molecule has 0 bridgehead atoms. The van der Waals surface area contributed by atoms with E-state index in [9.17, 15) is 5.11 Å². The van der Waals surface area contributed by atoms with E-state index in [4.69, 9.17) is 0 Å². The quantitative estimate of drug-likeness (QED) is 0.826. The monoisotopic (exact) mass is 215 g/mol. The highest BCUT2D eigenvalue weighted by molar-refractivity contribution is 5.21. The molecule has 1 atom stereocenters. The number of aryl methyl sites for hydroxylation is 2. The first-order valence-corrected chi connectivity index (χ1v) is 5.06. The van der Waals surface area contributed by atoms with E-state index < -0.39 is 6.10 Å². The van der Waals surface area contributed by atoms with Crippen LogP contribution in [0, 0.1) is 13.8 Å². The summed E-state index contributed by atoms with van der Waals surface area (Å²) in [5, 5.41) is 10.0. The smallest absolute Gasteiger partial charge is 0.161 e. The van der Waals surface area contributed by atoms with Crippen molar-refractivity contribution < 1.29 is 5.11 Å². The van der Waals surface area contributed by atoms with E-state index in [0.717, 1.165) is 11.3 Å². The predicted octanol–water partition coefficient (Wildman–Crippen LogP) is 1.57. The second-order valence-corrected chi connectivity index (χ2v) is 3.75. The lowest BCUT2D eigenvalue weighted by Gasteiger charge is -2.09. The Bertz CT molecular complexity index is 419. The Morgan fingerprint density at radius 2 is 1.69 bits per heavy atom. The summed E-state index contributed by atoms with van der Waals surface area (Å²) in [6, 6.07) is 3.68. The second kappa shape index (κ2) is 4.37. The molecule has 82 valence electrons. The van der Waals surface area contributed by atoms with E-state index in [2.05, 4.69) is 15.0 Å². The van der Waals surface area contributed by atoms with Gasteiger partial charge >= 0.3 is 0 Å². The highest BCUT2D eigenvalue weighted by Crippen LogP contribution is 2.17. The number of hydrogen-bond donors (Lipinski definition) is 1. The van der Waals surface area contributed by atoms with Crippen molar-refractivity contribution in [3.05, 3.63) is 53.4 Å². The van der Waals surface area contributed by atoms with Crippen LogP contribution < -0.4 is 0 Å². The van der Waals surface area contributed by atoms with Crippen LogP contribution >= 0.6 is 0 Å². The van der Waals surface area contributed by atoms with Gasteiger partial charge in [0.25, 0.3) is 0 Å². The zero-order valence-electron chi connectivity index (χ0n) is 9.25. The van der Waals surface area contributed by atoms with Crippen LogP contribution in [0.1, 0.15) is 28.7 Å². The van der Waals surface area contributed by atoms with Gasteiger partial charge < -0.3 is 5.11 Å². The maximum atomic E-state index is 10.0. The molecule has 4 heteroatoms. The minimum absolute atomic E-state index is 0.399. The minimum atomic E-state index is -0.811. The number of aliphatic hydroxyl groups excluding tert-OH is 1. The molecule has 16 heavy (non-hydrogen) atoms. The van der Waals surface area contributed by atoms with Gasteiger partial charge in [0.2, 0.25) is 0 Å². The summed E-state index contributed by atoms with van der Waals surface area (Å²) >= 11 is 0. The molecule has 2 heterocycles. The lowest BCUT2D eigenvalue weighted by molar-refractivity contribution is 0.209. The van der Waals surface area contributed by atoms with Crippen molar-refractivity contribution >= 4 is 0 Å². The molecule has 0 amide bonds. The molecule has 1 unspecified atom stereocenters. The third-order valence-electron chi connectivity index (χ3n) is 2.30. The van der Waals surface area contributed by atoms with Crippen molar-refractivity contribution in [3.8, 4) is 0 Å². The first-order valence-electron chi connectivity index (χ1n) is 5.06. The SMILES string of the molecule is Cc1cnc(C(O)c2ccc(C)nc2)nc1. The number of pyridine rings is 1. The molecule has 2 rings (SSSR count). The van der Waals surface area contributed by atoms with Gasteiger partial charge in [-0.1, -0.05) is 6.07 Å². The van der Waals surface area contributed by atoms with Gasteiger partial charge in [0.15, 0.2) is 5.82 Å². The summed E-state index contributed by atoms with van der Waals surface area (Å²) in [5.74, 6) is 0.399. The number of aliphatic hydroxyl groups is 1. The van der Waals surface area contributed by atoms with E-state index in [-0.39, 0.29) is 0 Å². The first-order chi connectivity index (χ1) is 7.66. The van der Waals surface area contributed by atoms with Gasteiger partial charge in [-0.2, -0.15) is 0 Å². The Balaban J connectivity index is 2.28. The first kappa shape index (κ1) is 10.7. The molecule has 0 saturated heterocycles. The van der Waals surface area contributed by atoms with Crippen molar-refractivity contribution in [1.82, 2.24) is 15.0 Å². The van der Waals surface area contributed by atoms with Crippen LogP contribution in [-0.4, -0.2) is 20.1 Å². The van der Waals surface area contributed by atoms with E-state index in [1.165, 1.54) is 0 Å². The summed E-state index contributed by atoms with van der Waals surface area (Å²) in [4.78, 5) is 12.3. The molecule has 0 aliphatic carbocycles. The summed E-state index contributed by atoms with van der Waals surface area (Å²) in [7, 11) is 0. The van der Waals surface area contributed by atoms with Crippen molar-refractivity contribution in [2.75, 3.05) is 0 Å². The van der Waals surface area contributed by atoms with Crippen molar-refractivity contribution in [1.29, 1.82) is 0 Å². The van der Waals surface area contributed by atoms with E-state index in [1.807, 2.05) is 26.0 Å². The van der Waals surface area contributed by atoms with Crippen LogP contribution in [0.25, 0.3) is 0 Å². The van der Waals surface area contributed by atoms with Crippen molar-refractivity contribution in [2.24, 2.45) is 0 Å². The minimum Gasteiger partial charge on any atom is -0.380 e. The van der Waals surface area contributed by atoms with Crippen molar-refractivity contribution in [3.63, 3.8) is 0 Å². The normalized spacial score (nSPS) is 12.4. The second-order valence-electron chi connectivity index (χ2n) is 3.75. The van der Waals surface area contributed by atoms with Gasteiger partial charge in [-0.3, -0.25) is 4.98 Å². The fourth-order valence-electron chi connectivity index (χ4n) is 1.33. The number of rotatable bonds is 2. The molecule has 0 spiro atoms. The summed E-state index contributed by atoms with van der Waals surface area (Å²) < 4.78 is 0. The Hall–Kier alpha value is -1.81. The van der Waals surface area contributed by atoms with Gasteiger partial charge in [-0.05, 0) is 25.5 Å². The highest BCUT2D eigenvalue weighted by Gasteiger charge is 2.13. The number of aromatic nitrogens is 3. The van der Waals surface area contributed by atoms with Gasteiger partial charge in [0.1, 0.15) is 6.10 Å². The van der Waals surface area contributed by atoms with Crippen LogP contribution in [0.5, 0.6) is 0 Å². The molecule has 0 aromatic carbocycles. The molecular formula is C12H13N3O. The number of nitrogens with zero attached hydrogens (tertiary/aromatic N) is 3. The maximum Gasteiger partial charge on any atom is 0.161 e. The summed E-state index contributed by atoms with van der Waals surface area (Å²) in [6.07, 6.45) is 4.21. The van der Waals surface area contributed by atoms with E-state index in [0.29, 0.717) is 11.4 Å². The van der Waals surface area contributed by atoms with Gasteiger partial charge in [-0.15, -0.1) is 0 Å². The van der Waals surface area contributed by atoms with E-state index >= 15 is 0 Å². The Morgan fingerprint density at radius 1 is 1.00 bits per heavy atom. The van der Waals surface area contributed by atoms with Crippen molar-refractivity contribution in [2.45, 2.75) is 20.0 Å². The molecule has 2 aromatic heterocycles. The van der Waals surface area contributed by atoms with Gasteiger partial charge in [0.05, 0.1) is 0 Å². The molecule has 0 radical (unpaired) electrons. The molecule has 0 aliphatic heterocycles. The summed E-state index contributed by atoms with van der Waals surface area (Å²) in [5.41, 5.74) is 2.59. The third-order valence-corrected chi connectivity index (χ3v) is 2.30. The molecule has 0 aliphatic rings. The Labute approximate surface area is 94.0 Å². The van der Waals surface area contributed by atoms with Crippen LogP contribution in [0.3, 0.4) is 0 Å². The van der Waals surface area contributed by atoms with Gasteiger partial charge in [-0.25, -0.2) is 9.97 Å². The topological polar surface area (TPSA) is 58.9 Å². The molecular weight excluding hydrogens is 202 g/mol. The molecule has 2 aromatic rings. The van der Waals surface area contributed by atoms with E-state index in [1.54, 1.807) is 18.6 Å². The Kier molecular flexibility index (Phi) is 2.92. The van der Waals surface area contributed by atoms with Crippen LogP contribution in [0.15, 0.2) is 30.7 Å². The summed E-state index contributed by atoms with van der Waals surface area (Å²) in [6.45, 7) is 3.81. The fraction of sp³-hybridized carbons (Fsp3) is 0.250. The fourth-order valence-corrected chi connectivity index (χ4v) is 1.33. The van der Waals surface area contributed by atoms with Crippen LogP contribution in [-0.2, 0) is 0 Å². The number of hydrogen-bond acceptors (Lipinski definition) is 4. The zero-order valence-corrected chi connectivity index (χ0v) is 9.25.